The molecule has 0 atom stereocenters. The molecule has 8 heavy (non-hydrogen) atoms. The van der Waals surface area contributed by atoms with Gasteiger partial charge in [-0.05, 0) is 5.21 Å². The smallest absolute Gasteiger partial charge is 0.237 e. The fourth-order valence-electron chi connectivity index (χ4n) is 0.346. The summed E-state index contributed by atoms with van der Waals surface area (Å²) in [6.07, 6.45) is 0.549. The quantitative estimate of drug-likeness (QED) is 0.438. The van der Waals surface area contributed by atoms with E-state index >= 15 is 0 Å². The highest BCUT2D eigenvalue weighted by molar-refractivity contribution is 5.67. The Kier molecular flexibility index (Phi) is 1.03. The van der Waals surface area contributed by atoms with Crippen LogP contribution in [-0.4, -0.2) is 26.5 Å². The summed E-state index contributed by atoms with van der Waals surface area (Å²) in [5.74, 6) is 0.118. The fraction of sp³-hybridized carbons (Fsp3) is 0.333. The molecule has 0 bridgehead atoms. The zero-order valence-electron chi connectivity index (χ0n) is 4.27. The van der Waals surface area contributed by atoms with Crippen molar-refractivity contribution < 1.29 is 4.79 Å². The lowest BCUT2D eigenvalue weighted by Gasteiger charge is -1.73. The van der Waals surface area contributed by atoms with Gasteiger partial charge in [0.1, 0.15) is 0 Å². The van der Waals surface area contributed by atoms with Crippen molar-refractivity contribution in [2.75, 3.05) is 0 Å². The van der Waals surface area contributed by atoms with E-state index in [1.807, 2.05) is 0 Å². The minimum absolute atomic E-state index is 0.118. The van der Waals surface area contributed by atoms with Crippen LogP contribution >= 0.6 is 0 Å². The first-order valence-corrected chi connectivity index (χ1v) is 2.02. The minimum atomic E-state index is 0.118. The lowest BCUT2D eigenvalue weighted by Crippen LogP contribution is -1.92. The van der Waals surface area contributed by atoms with Gasteiger partial charge in [-0.3, -0.25) is 4.79 Å². The Labute approximate surface area is 45.3 Å². The highest BCUT2D eigenvalue weighted by Gasteiger charge is 1.92. The molecule has 1 aromatic heterocycles. The minimum Gasteiger partial charge on any atom is -0.294 e. The molecule has 0 saturated heterocycles. The van der Waals surface area contributed by atoms with Crippen LogP contribution in [0.15, 0.2) is 0 Å². The van der Waals surface area contributed by atoms with Crippen molar-refractivity contribution in [3.63, 3.8) is 0 Å². The lowest BCUT2D eigenvalue weighted by molar-refractivity contribution is 0.111. The number of carbonyl (C=O) groups excluding carboxylic acids is 1. The number of aryl methyl sites for hydroxylation is 1. The van der Waals surface area contributed by atoms with Gasteiger partial charge in [-0.25, -0.2) is 0 Å². The van der Waals surface area contributed by atoms with Crippen molar-refractivity contribution in [2.24, 2.45) is 7.05 Å². The van der Waals surface area contributed by atoms with E-state index in [9.17, 15) is 4.79 Å². The molecule has 0 spiro atoms. The van der Waals surface area contributed by atoms with Gasteiger partial charge in [0.05, 0.1) is 7.05 Å². The molecule has 5 heteroatoms. The van der Waals surface area contributed by atoms with Gasteiger partial charge in [0.25, 0.3) is 0 Å². The molecule has 0 aromatic carbocycles. The Morgan fingerprint density at radius 1 is 1.75 bits per heavy atom. The second kappa shape index (κ2) is 1.69. The Morgan fingerprint density at radius 3 is 2.75 bits per heavy atom. The summed E-state index contributed by atoms with van der Waals surface area (Å²) in [6, 6.07) is 0. The van der Waals surface area contributed by atoms with E-state index in [1.54, 1.807) is 7.05 Å². The Balaban J connectivity index is 3.00. The summed E-state index contributed by atoms with van der Waals surface area (Å²) in [7, 11) is 1.60. The van der Waals surface area contributed by atoms with Crippen LogP contribution in [0.2, 0.25) is 0 Å². The van der Waals surface area contributed by atoms with E-state index < -0.39 is 0 Å². The van der Waals surface area contributed by atoms with Crippen LogP contribution in [0, 0.1) is 0 Å². The van der Waals surface area contributed by atoms with Crippen LogP contribution in [0.4, 0.5) is 0 Å². The molecule has 0 aliphatic heterocycles. The lowest BCUT2D eigenvalue weighted by atomic mass is 10.7. The van der Waals surface area contributed by atoms with Crippen LogP contribution in [0.5, 0.6) is 0 Å². The molecular formula is C3H4N4O. The molecule has 0 amide bonds. The van der Waals surface area contributed by atoms with Crippen LogP contribution in [-0.2, 0) is 7.05 Å². The first-order chi connectivity index (χ1) is 3.83. The summed E-state index contributed by atoms with van der Waals surface area (Å²) >= 11 is 0. The van der Waals surface area contributed by atoms with Crippen molar-refractivity contribution in [2.45, 2.75) is 0 Å². The van der Waals surface area contributed by atoms with E-state index in [0.29, 0.717) is 6.29 Å². The third kappa shape index (κ3) is 0.699. The van der Waals surface area contributed by atoms with E-state index in [-0.39, 0.29) is 5.82 Å². The second-order valence-corrected chi connectivity index (χ2v) is 1.25. The maximum absolute atomic E-state index is 9.84. The van der Waals surface area contributed by atoms with Gasteiger partial charge in [-0.1, -0.05) is 0 Å². The average Bonchev–Trinajstić information content (AvgIpc) is 2.14. The van der Waals surface area contributed by atoms with Gasteiger partial charge in [0, 0.05) is 0 Å². The first-order valence-electron chi connectivity index (χ1n) is 2.02. The molecule has 5 nitrogen and oxygen atoms in total. The molecular weight excluding hydrogens is 108 g/mol. The molecule has 0 N–H and O–H groups in total. The molecule has 42 valence electrons. The third-order valence-corrected chi connectivity index (χ3v) is 0.629. The second-order valence-electron chi connectivity index (χ2n) is 1.25. The monoisotopic (exact) mass is 112 g/mol. The van der Waals surface area contributed by atoms with Gasteiger partial charge in [-0.15, -0.1) is 10.2 Å². The van der Waals surface area contributed by atoms with E-state index in [1.165, 1.54) is 4.80 Å². The number of tetrazole rings is 1. The van der Waals surface area contributed by atoms with Gasteiger partial charge >= 0.3 is 0 Å². The van der Waals surface area contributed by atoms with E-state index in [4.69, 9.17) is 0 Å². The van der Waals surface area contributed by atoms with Gasteiger partial charge in [0.15, 0.2) is 6.29 Å². The molecule has 0 fully saturated rings. The number of hydrogen-bond acceptors (Lipinski definition) is 4. The van der Waals surface area contributed by atoms with Crippen molar-refractivity contribution in [1.82, 2.24) is 20.2 Å². The Morgan fingerprint density at radius 2 is 2.50 bits per heavy atom. The molecule has 0 unspecified atom stereocenters. The summed E-state index contributed by atoms with van der Waals surface area (Å²) in [5, 5.41) is 10.3. The highest BCUT2D eigenvalue weighted by atomic mass is 16.1. The molecule has 0 saturated carbocycles. The number of aromatic nitrogens is 4. The average molecular weight is 112 g/mol. The number of carbonyl (C=O) groups is 1. The van der Waals surface area contributed by atoms with Crippen LogP contribution < -0.4 is 0 Å². The summed E-state index contributed by atoms with van der Waals surface area (Å²) in [5.41, 5.74) is 0. The third-order valence-electron chi connectivity index (χ3n) is 0.629. The standard InChI is InChI=1S/C3H4N4O/c1-7-5-3(2-8)4-6-7/h2H,1H3. The topological polar surface area (TPSA) is 60.7 Å². The maximum Gasteiger partial charge on any atom is 0.237 e. The van der Waals surface area contributed by atoms with Gasteiger partial charge in [0.2, 0.25) is 5.82 Å². The Bertz CT molecular complexity index is 193. The Hall–Kier alpha value is -1.26. The summed E-state index contributed by atoms with van der Waals surface area (Å²) < 4.78 is 0. The van der Waals surface area contributed by atoms with Crippen LogP contribution in [0.3, 0.4) is 0 Å². The molecule has 0 aliphatic carbocycles. The molecule has 0 radical (unpaired) electrons. The fourth-order valence-corrected chi connectivity index (χ4v) is 0.346. The first kappa shape index (κ1) is 4.89. The van der Waals surface area contributed by atoms with Crippen LogP contribution in [0.1, 0.15) is 10.6 Å². The SMILES string of the molecule is Cn1nnc(C=O)n1. The number of nitrogens with zero attached hydrogens (tertiary/aromatic N) is 4. The molecule has 1 rings (SSSR count). The van der Waals surface area contributed by atoms with E-state index in [2.05, 4.69) is 15.4 Å². The van der Waals surface area contributed by atoms with Crippen molar-refractivity contribution in [3.05, 3.63) is 5.82 Å². The molecule has 0 aliphatic rings. The largest absolute Gasteiger partial charge is 0.294 e. The zero-order chi connectivity index (χ0) is 5.98. The molecule has 1 heterocycles. The van der Waals surface area contributed by atoms with Crippen molar-refractivity contribution >= 4 is 6.29 Å². The van der Waals surface area contributed by atoms with Gasteiger partial charge in [-0.2, -0.15) is 4.80 Å². The van der Waals surface area contributed by atoms with E-state index in [0.717, 1.165) is 0 Å². The van der Waals surface area contributed by atoms with Gasteiger partial charge < -0.3 is 0 Å². The predicted octanol–water partition coefficient (Wildman–Crippen LogP) is -0.977. The summed E-state index contributed by atoms with van der Waals surface area (Å²) in [6.45, 7) is 0. The number of hydrogen-bond donors (Lipinski definition) is 0. The number of aldehydes is 1. The van der Waals surface area contributed by atoms with Crippen molar-refractivity contribution in [1.29, 1.82) is 0 Å². The number of rotatable bonds is 1. The zero-order valence-corrected chi connectivity index (χ0v) is 4.27. The molecule has 1 aromatic rings. The highest BCUT2D eigenvalue weighted by Crippen LogP contribution is 1.73. The summed E-state index contributed by atoms with van der Waals surface area (Å²) in [4.78, 5) is 11.1. The van der Waals surface area contributed by atoms with Crippen LogP contribution in [0.25, 0.3) is 0 Å². The maximum atomic E-state index is 9.84. The normalized spacial score (nSPS) is 9.12. The predicted molar refractivity (Wildman–Crippen MR) is 24.2 cm³/mol. The van der Waals surface area contributed by atoms with Crippen molar-refractivity contribution in [3.8, 4) is 0 Å².